The lowest BCUT2D eigenvalue weighted by Crippen LogP contribution is -2.16. The summed E-state index contributed by atoms with van der Waals surface area (Å²) in [6.45, 7) is 1.45. The monoisotopic (exact) mass is 263 g/mol. The van der Waals surface area contributed by atoms with Crippen molar-refractivity contribution in [3.63, 3.8) is 0 Å². The second-order valence-corrected chi connectivity index (χ2v) is 3.98. The Kier molecular flexibility index (Phi) is 3.41. The van der Waals surface area contributed by atoms with Gasteiger partial charge < -0.3 is 11.1 Å². The van der Waals surface area contributed by atoms with Crippen molar-refractivity contribution in [3.05, 3.63) is 53.2 Å². The van der Waals surface area contributed by atoms with E-state index in [4.69, 9.17) is 5.73 Å². The molecule has 4 nitrogen and oxygen atoms in total. The number of nitrogens with one attached hydrogen (secondary N) is 1. The van der Waals surface area contributed by atoms with E-state index in [0.717, 1.165) is 6.07 Å². The molecule has 0 radical (unpaired) electrons. The molecule has 1 heterocycles. The second-order valence-electron chi connectivity index (χ2n) is 3.98. The van der Waals surface area contributed by atoms with Crippen LogP contribution in [0.25, 0.3) is 0 Å². The van der Waals surface area contributed by atoms with Gasteiger partial charge in [0.2, 0.25) is 0 Å². The number of anilines is 2. The number of rotatable bonds is 2. The van der Waals surface area contributed by atoms with E-state index in [1.807, 2.05) is 0 Å². The van der Waals surface area contributed by atoms with Crippen LogP contribution >= 0.6 is 0 Å². The van der Waals surface area contributed by atoms with Crippen LogP contribution in [0, 0.1) is 18.6 Å². The van der Waals surface area contributed by atoms with Crippen molar-refractivity contribution in [2.75, 3.05) is 11.1 Å². The normalized spacial score (nSPS) is 10.3. The number of halogens is 2. The van der Waals surface area contributed by atoms with Crippen molar-refractivity contribution in [1.29, 1.82) is 0 Å². The highest BCUT2D eigenvalue weighted by atomic mass is 19.1. The number of benzene rings is 1. The molecule has 0 unspecified atom stereocenters. The first kappa shape index (κ1) is 12.9. The van der Waals surface area contributed by atoms with E-state index in [9.17, 15) is 13.6 Å². The molecule has 0 atom stereocenters. The largest absolute Gasteiger partial charge is 0.384 e. The number of amides is 1. The van der Waals surface area contributed by atoms with Crippen molar-refractivity contribution in [1.82, 2.24) is 4.98 Å². The molecule has 0 aliphatic rings. The minimum Gasteiger partial charge on any atom is -0.384 e. The number of carbonyl (C=O) groups is 1. The summed E-state index contributed by atoms with van der Waals surface area (Å²) in [7, 11) is 0. The molecule has 19 heavy (non-hydrogen) atoms. The molecule has 6 heteroatoms. The smallest absolute Gasteiger partial charge is 0.261 e. The summed E-state index contributed by atoms with van der Waals surface area (Å²) in [6.07, 6.45) is 1.30. The quantitative estimate of drug-likeness (QED) is 0.874. The molecule has 0 saturated heterocycles. The van der Waals surface area contributed by atoms with Crippen LogP contribution in [0.15, 0.2) is 30.5 Å². The van der Waals surface area contributed by atoms with Gasteiger partial charge in [-0.2, -0.15) is 0 Å². The SMILES string of the molecule is Cc1ccc(F)c(C(=O)Nc2ccc(N)nc2)c1F. The molecule has 0 spiro atoms. The predicted molar refractivity (Wildman–Crippen MR) is 67.7 cm³/mol. The van der Waals surface area contributed by atoms with Gasteiger partial charge in [0.05, 0.1) is 11.9 Å². The third-order valence-electron chi connectivity index (χ3n) is 2.56. The molecular weight excluding hydrogens is 252 g/mol. The van der Waals surface area contributed by atoms with E-state index < -0.39 is 23.1 Å². The van der Waals surface area contributed by atoms with Crippen LogP contribution in [-0.4, -0.2) is 10.9 Å². The molecule has 2 aromatic rings. The highest BCUT2D eigenvalue weighted by Gasteiger charge is 2.19. The molecule has 0 aliphatic carbocycles. The molecule has 0 fully saturated rings. The van der Waals surface area contributed by atoms with E-state index in [1.54, 1.807) is 0 Å². The molecule has 0 bridgehead atoms. The standard InChI is InChI=1S/C13H11F2N3O/c1-7-2-4-9(14)11(12(7)15)13(19)18-8-3-5-10(16)17-6-8/h2-6H,1H3,(H2,16,17)(H,18,19). The zero-order chi connectivity index (χ0) is 14.0. The first-order valence-corrected chi connectivity index (χ1v) is 5.46. The number of pyridine rings is 1. The van der Waals surface area contributed by atoms with Crippen molar-refractivity contribution >= 4 is 17.4 Å². The van der Waals surface area contributed by atoms with Gasteiger partial charge in [-0.3, -0.25) is 4.79 Å². The summed E-state index contributed by atoms with van der Waals surface area (Å²) >= 11 is 0. The highest BCUT2D eigenvalue weighted by Crippen LogP contribution is 2.18. The van der Waals surface area contributed by atoms with Gasteiger partial charge in [-0.15, -0.1) is 0 Å². The van der Waals surface area contributed by atoms with Crippen LogP contribution < -0.4 is 11.1 Å². The summed E-state index contributed by atoms with van der Waals surface area (Å²) in [5.74, 6) is -2.37. The number of hydrogen-bond donors (Lipinski definition) is 2. The van der Waals surface area contributed by atoms with Gasteiger partial charge in [-0.25, -0.2) is 13.8 Å². The Morgan fingerprint density at radius 2 is 2.00 bits per heavy atom. The lowest BCUT2D eigenvalue weighted by molar-refractivity contribution is 0.101. The summed E-state index contributed by atoms with van der Waals surface area (Å²) in [6, 6.07) is 5.28. The Morgan fingerprint density at radius 1 is 1.26 bits per heavy atom. The van der Waals surface area contributed by atoms with E-state index in [2.05, 4.69) is 10.3 Å². The Hall–Kier alpha value is -2.50. The van der Waals surface area contributed by atoms with E-state index in [1.165, 1.54) is 31.3 Å². The first-order chi connectivity index (χ1) is 8.99. The van der Waals surface area contributed by atoms with Crippen LogP contribution in [0.2, 0.25) is 0 Å². The van der Waals surface area contributed by atoms with Gasteiger partial charge in [0.15, 0.2) is 0 Å². The van der Waals surface area contributed by atoms with E-state index in [-0.39, 0.29) is 11.4 Å². The number of aromatic nitrogens is 1. The Bertz CT molecular complexity index is 627. The molecule has 98 valence electrons. The maximum Gasteiger partial charge on any atom is 0.261 e. The lowest BCUT2D eigenvalue weighted by atomic mass is 10.1. The average Bonchev–Trinajstić information content (AvgIpc) is 2.37. The van der Waals surface area contributed by atoms with Crippen LogP contribution in [0.4, 0.5) is 20.3 Å². The number of nitrogens with zero attached hydrogens (tertiary/aromatic N) is 1. The topological polar surface area (TPSA) is 68.0 Å². The average molecular weight is 263 g/mol. The van der Waals surface area contributed by atoms with Gasteiger partial charge in [0.25, 0.3) is 5.91 Å². The Balaban J connectivity index is 2.30. The van der Waals surface area contributed by atoms with E-state index >= 15 is 0 Å². The number of nitrogens with two attached hydrogens (primary N) is 1. The van der Waals surface area contributed by atoms with Crippen molar-refractivity contribution in [3.8, 4) is 0 Å². The van der Waals surface area contributed by atoms with Gasteiger partial charge in [-0.1, -0.05) is 6.07 Å². The van der Waals surface area contributed by atoms with Crippen molar-refractivity contribution < 1.29 is 13.6 Å². The summed E-state index contributed by atoms with van der Waals surface area (Å²) in [5, 5.41) is 2.36. The molecule has 1 amide bonds. The predicted octanol–water partition coefficient (Wildman–Crippen LogP) is 2.50. The maximum absolute atomic E-state index is 13.7. The summed E-state index contributed by atoms with van der Waals surface area (Å²) < 4.78 is 27.3. The summed E-state index contributed by atoms with van der Waals surface area (Å²) in [4.78, 5) is 15.6. The van der Waals surface area contributed by atoms with Crippen LogP contribution in [0.1, 0.15) is 15.9 Å². The van der Waals surface area contributed by atoms with Gasteiger partial charge in [-0.05, 0) is 30.7 Å². The lowest BCUT2D eigenvalue weighted by Gasteiger charge is -2.08. The first-order valence-electron chi connectivity index (χ1n) is 5.46. The van der Waals surface area contributed by atoms with E-state index in [0.29, 0.717) is 5.69 Å². The summed E-state index contributed by atoms with van der Waals surface area (Å²) in [5.41, 5.74) is 5.28. The van der Waals surface area contributed by atoms with Crippen LogP contribution in [0.5, 0.6) is 0 Å². The fourth-order valence-electron chi connectivity index (χ4n) is 1.54. The fourth-order valence-corrected chi connectivity index (χ4v) is 1.54. The second kappa shape index (κ2) is 5.01. The van der Waals surface area contributed by atoms with Gasteiger partial charge in [0.1, 0.15) is 23.0 Å². The fraction of sp³-hybridized carbons (Fsp3) is 0.0769. The maximum atomic E-state index is 13.7. The number of nitrogen functional groups attached to an aromatic ring is 1. The molecule has 0 aliphatic heterocycles. The van der Waals surface area contributed by atoms with Crippen molar-refractivity contribution in [2.24, 2.45) is 0 Å². The zero-order valence-electron chi connectivity index (χ0n) is 10.1. The number of aryl methyl sites for hydroxylation is 1. The van der Waals surface area contributed by atoms with Gasteiger partial charge in [0, 0.05) is 0 Å². The van der Waals surface area contributed by atoms with Crippen molar-refractivity contribution in [2.45, 2.75) is 6.92 Å². The minimum absolute atomic E-state index is 0.196. The van der Waals surface area contributed by atoms with Crippen LogP contribution in [0.3, 0.4) is 0 Å². The molecule has 3 N–H and O–H groups in total. The third kappa shape index (κ3) is 2.67. The Morgan fingerprint density at radius 3 is 2.63 bits per heavy atom. The molecule has 2 rings (SSSR count). The number of carbonyl (C=O) groups excluding carboxylic acids is 1. The molecule has 1 aromatic carbocycles. The highest BCUT2D eigenvalue weighted by molar-refractivity contribution is 6.04. The third-order valence-corrected chi connectivity index (χ3v) is 2.56. The zero-order valence-corrected chi connectivity index (χ0v) is 10.1. The van der Waals surface area contributed by atoms with Gasteiger partial charge >= 0.3 is 0 Å². The Labute approximate surface area is 108 Å². The molecule has 0 saturated carbocycles. The molecule has 1 aromatic heterocycles. The van der Waals surface area contributed by atoms with Crippen LogP contribution in [-0.2, 0) is 0 Å². The molecular formula is C13H11F2N3O. The number of hydrogen-bond acceptors (Lipinski definition) is 3. The minimum atomic E-state index is -0.913.